The lowest BCUT2D eigenvalue weighted by Crippen LogP contribution is -2.17. The molecule has 0 saturated heterocycles. The number of phenols is 1. The summed E-state index contributed by atoms with van der Waals surface area (Å²) in [6.07, 6.45) is 7.87. The molecule has 3 aromatic rings. The van der Waals surface area contributed by atoms with Gasteiger partial charge in [-0.2, -0.15) is 0 Å². The Labute approximate surface area is 190 Å². The van der Waals surface area contributed by atoms with Crippen molar-refractivity contribution in [3.63, 3.8) is 0 Å². The Bertz CT molecular complexity index is 1390. The van der Waals surface area contributed by atoms with Crippen LogP contribution in [0, 0.1) is 0 Å². The van der Waals surface area contributed by atoms with Gasteiger partial charge in [-0.05, 0) is 68.7 Å². The van der Waals surface area contributed by atoms with Gasteiger partial charge in [0.05, 0.1) is 0 Å². The van der Waals surface area contributed by atoms with Crippen LogP contribution in [0.15, 0.2) is 84.5 Å². The van der Waals surface area contributed by atoms with Gasteiger partial charge in [-0.1, -0.05) is 94.4 Å². The van der Waals surface area contributed by atoms with E-state index in [1.165, 1.54) is 50.1 Å². The third-order valence-electron chi connectivity index (χ3n) is 7.80. The molecule has 0 aromatic heterocycles. The Morgan fingerprint density at radius 1 is 0.688 bits per heavy atom. The molecule has 3 aromatic carbocycles. The van der Waals surface area contributed by atoms with Crippen LogP contribution in [0.2, 0.25) is 0 Å². The summed E-state index contributed by atoms with van der Waals surface area (Å²) in [6.45, 7) is 9.25. The predicted octanol–water partition coefficient (Wildman–Crippen LogP) is 7.79. The lowest BCUT2D eigenvalue weighted by molar-refractivity contribution is 0.472. The van der Waals surface area contributed by atoms with Gasteiger partial charge < -0.3 is 5.11 Å². The van der Waals surface area contributed by atoms with E-state index >= 15 is 0 Å². The van der Waals surface area contributed by atoms with Crippen LogP contribution in [0.25, 0.3) is 22.3 Å². The molecule has 6 rings (SSSR count). The quantitative estimate of drug-likeness (QED) is 0.429. The topological polar surface area (TPSA) is 20.2 Å². The van der Waals surface area contributed by atoms with Crippen LogP contribution in [-0.4, -0.2) is 5.11 Å². The Morgan fingerprint density at radius 3 is 2.22 bits per heavy atom. The first kappa shape index (κ1) is 19.4. The maximum atomic E-state index is 10.7. The molecule has 3 aliphatic carbocycles. The molecule has 0 unspecified atom stereocenters. The molecule has 0 atom stereocenters. The highest BCUT2D eigenvalue weighted by Gasteiger charge is 2.41. The van der Waals surface area contributed by atoms with Crippen molar-refractivity contribution in [1.29, 1.82) is 0 Å². The summed E-state index contributed by atoms with van der Waals surface area (Å²) in [5.41, 5.74) is 12.6. The van der Waals surface area contributed by atoms with Gasteiger partial charge in [0, 0.05) is 16.4 Å². The summed E-state index contributed by atoms with van der Waals surface area (Å²) < 4.78 is 0. The lowest BCUT2D eigenvalue weighted by Gasteiger charge is -2.26. The molecule has 0 fully saturated rings. The second kappa shape index (κ2) is 6.36. The smallest absolute Gasteiger partial charge is 0.123 e. The fourth-order valence-corrected chi connectivity index (χ4v) is 6.22. The predicted molar refractivity (Wildman–Crippen MR) is 134 cm³/mol. The zero-order valence-electron chi connectivity index (χ0n) is 19.2. The van der Waals surface area contributed by atoms with Gasteiger partial charge in [-0.3, -0.25) is 0 Å². The van der Waals surface area contributed by atoms with Crippen molar-refractivity contribution < 1.29 is 5.11 Å². The summed E-state index contributed by atoms with van der Waals surface area (Å²) in [5, 5.41) is 10.7. The van der Waals surface area contributed by atoms with Crippen molar-refractivity contribution in [3.05, 3.63) is 112 Å². The lowest BCUT2D eigenvalue weighted by atomic mass is 9.77. The van der Waals surface area contributed by atoms with E-state index in [0.29, 0.717) is 5.75 Å². The Hall–Kier alpha value is -3.32. The van der Waals surface area contributed by atoms with Crippen molar-refractivity contribution in [2.75, 3.05) is 0 Å². The highest BCUT2D eigenvalue weighted by molar-refractivity contribution is 5.97. The highest BCUT2D eigenvalue weighted by atomic mass is 16.3. The number of hydrogen-bond donors (Lipinski definition) is 1. The minimum atomic E-state index is -0.153. The van der Waals surface area contributed by atoms with Crippen molar-refractivity contribution >= 4 is 11.1 Å². The molecule has 0 aliphatic heterocycles. The van der Waals surface area contributed by atoms with Crippen LogP contribution < -0.4 is 0 Å². The van der Waals surface area contributed by atoms with Crippen molar-refractivity contribution in [2.45, 2.75) is 44.9 Å². The standard InChI is InChI=1S/C31H28O/c1-30(2)25-16-9-17-27(32)28(25)23-14-7-10-19(18-26(23)30)20-12-8-13-22-21-11-5-6-15-24(21)31(3,4)29(20)22/h5-6,8-18,32H,7H2,1-4H3. The van der Waals surface area contributed by atoms with Crippen molar-refractivity contribution in [3.8, 4) is 16.9 Å². The van der Waals surface area contributed by atoms with Crippen LogP contribution in [-0.2, 0) is 10.8 Å². The fraction of sp³-hybridized carbons (Fsp3) is 0.226. The number of rotatable bonds is 1. The van der Waals surface area contributed by atoms with E-state index in [0.717, 1.165) is 12.0 Å². The van der Waals surface area contributed by atoms with Crippen molar-refractivity contribution in [1.82, 2.24) is 0 Å². The van der Waals surface area contributed by atoms with Crippen molar-refractivity contribution in [2.24, 2.45) is 0 Å². The monoisotopic (exact) mass is 416 g/mol. The summed E-state index contributed by atoms with van der Waals surface area (Å²) in [5.74, 6) is 0.380. The Kier molecular flexibility index (Phi) is 3.85. The number of hydrogen-bond acceptors (Lipinski definition) is 1. The Balaban J connectivity index is 1.56. The third-order valence-corrected chi connectivity index (χ3v) is 7.80. The molecule has 0 amide bonds. The average molecular weight is 417 g/mol. The van der Waals surface area contributed by atoms with Crippen LogP contribution in [0.1, 0.15) is 61.9 Å². The number of aromatic hydroxyl groups is 1. The highest BCUT2D eigenvalue weighted by Crippen LogP contribution is 2.55. The van der Waals surface area contributed by atoms with Gasteiger partial charge in [0.1, 0.15) is 5.75 Å². The van der Waals surface area contributed by atoms with E-state index < -0.39 is 0 Å². The van der Waals surface area contributed by atoms with E-state index in [-0.39, 0.29) is 10.8 Å². The van der Waals surface area contributed by atoms with Gasteiger partial charge in [-0.15, -0.1) is 0 Å². The van der Waals surface area contributed by atoms with E-state index in [1.54, 1.807) is 0 Å². The van der Waals surface area contributed by atoms with Gasteiger partial charge in [0.15, 0.2) is 0 Å². The largest absolute Gasteiger partial charge is 0.507 e. The zero-order valence-corrected chi connectivity index (χ0v) is 19.2. The maximum absolute atomic E-state index is 10.7. The molecule has 1 nitrogen and oxygen atoms in total. The second-order valence-corrected chi connectivity index (χ2v) is 10.3. The average Bonchev–Trinajstić information content (AvgIpc) is 3.01. The van der Waals surface area contributed by atoms with Gasteiger partial charge >= 0.3 is 0 Å². The first-order chi connectivity index (χ1) is 15.3. The summed E-state index contributed by atoms with van der Waals surface area (Å²) >= 11 is 0. The van der Waals surface area contributed by atoms with Gasteiger partial charge in [0.2, 0.25) is 0 Å². The van der Waals surface area contributed by atoms with Gasteiger partial charge in [-0.25, -0.2) is 0 Å². The van der Waals surface area contributed by atoms with Crippen LogP contribution in [0.4, 0.5) is 0 Å². The third kappa shape index (κ3) is 2.40. The number of fused-ring (bicyclic) bond motifs is 6. The summed E-state index contributed by atoms with van der Waals surface area (Å²) in [6, 6.07) is 21.5. The van der Waals surface area contributed by atoms with Crippen LogP contribution >= 0.6 is 0 Å². The van der Waals surface area contributed by atoms with E-state index in [1.807, 2.05) is 12.1 Å². The maximum Gasteiger partial charge on any atom is 0.123 e. The molecule has 32 heavy (non-hydrogen) atoms. The molecular formula is C31H28O. The zero-order chi connectivity index (χ0) is 22.3. The number of allylic oxidation sites excluding steroid dienone is 6. The molecule has 0 saturated carbocycles. The molecule has 0 spiro atoms. The van der Waals surface area contributed by atoms with Crippen LogP contribution in [0.3, 0.4) is 0 Å². The van der Waals surface area contributed by atoms with E-state index in [9.17, 15) is 5.11 Å². The SMILES string of the molecule is CC1(C)C2=CC(c3cccc4c3C(C)(C)c3ccccc3-4)=CCC=C2c2c(O)cccc21. The first-order valence-electron chi connectivity index (χ1n) is 11.5. The Morgan fingerprint density at radius 2 is 1.38 bits per heavy atom. The summed E-state index contributed by atoms with van der Waals surface area (Å²) in [7, 11) is 0. The van der Waals surface area contributed by atoms with Crippen LogP contribution in [0.5, 0.6) is 5.75 Å². The first-order valence-corrected chi connectivity index (χ1v) is 11.5. The molecule has 1 N–H and O–H groups in total. The molecular weight excluding hydrogens is 388 g/mol. The molecule has 3 aliphatic rings. The number of phenolic OH excluding ortho intramolecular Hbond substituents is 1. The molecule has 0 bridgehead atoms. The molecule has 158 valence electrons. The molecule has 1 heteroatoms. The minimum Gasteiger partial charge on any atom is -0.507 e. The normalized spacial score (nSPS) is 19.1. The van der Waals surface area contributed by atoms with E-state index in [2.05, 4.69) is 94.5 Å². The summed E-state index contributed by atoms with van der Waals surface area (Å²) in [4.78, 5) is 0. The molecule has 0 heterocycles. The van der Waals surface area contributed by atoms with E-state index in [4.69, 9.17) is 0 Å². The minimum absolute atomic E-state index is 0.0448. The fourth-order valence-electron chi connectivity index (χ4n) is 6.22. The molecule has 0 radical (unpaired) electrons. The number of benzene rings is 3. The van der Waals surface area contributed by atoms with Gasteiger partial charge in [0.25, 0.3) is 0 Å². The second-order valence-electron chi connectivity index (χ2n) is 10.3.